The maximum absolute atomic E-state index is 11.2. The van der Waals surface area contributed by atoms with Gasteiger partial charge in [0.05, 0.1) is 12.8 Å². The molecule has 3 aromatic carbocycles. The molecule has 4 N–H and O–H groups in total. The smallest absolute Gasteiger partial charge is 0.229 e. The Bertz CT molecular complexity index is 1120. The van der Waals surface area contributed by atoms with Crippen LogP contribution in [0.4, 0.5) is 11.4 Å². The molecule has 0 saturated heterocycles. The van der Waals surface area contributed by atoms with Gasteiger partial charge in [0.15, 0.2) is 5.96 Å². The van der Waals surface area contributed by atoms with Gasteiger partial charge in [-0.1, -0.05) is 24.3 Å². The van der Waals surface area contributed by atoms with E-state index in [0.717, 1.165) is 17.7 Å². The molecule has 0 fully saturated rings. The van der Waals surface area contributed by atoms with E-state index in [4.69, 9.17) is 15.2 Å². The Morgan fingerprint density at radius 3 is 2.28 bits per heavy atom. The van der Waals surface area contributed by atoms with Crippen LogP contribution in [0.15, 0.2) is 83.9 Å². The first kappa shape index (κ1) is 25.3. The zero-order valence-electron chi connectivity index (χ0n) is 17.4. The number of guanidine groups is 1. The van der Waals surface area contributed by atoms with Gasteiger partial charge >= 0.3 is 0 Å². The van der Waals surface area contributed by atoms with Crippen LogP contribution in [0.25, 0.3) is 0 Å². The van der Waals surface area contributed by atoms with E-state index in [0.29, 0.717) is 30.3 Å². The molecule has 170 valence electrons. The highest BCUT2D eigenvalue weighted by Crippen LogP contribution is 2.23. The summed E-state index contributed by atoms with van der Waals surface area (Å²) in [6.07, 6.45) is 1.10. The molecule has 10 heteroatoms. The van der Waals surface area contributed by atoms with Crippen LogP contribution in [0.5, 0.6) is 17.2 Å². The van der Waals surface area contributed by atoms with Crippen LogP contribution in [-0.2, 0) is 10.0 Å². The third-order valence-corrected chi connectivity index (χ3v) is 4.49. The quantitative estimate of drug-likeness (QED) is 0.154. The number of ether oxygens (including phenoxy) is 2. The number of halogens is 1. The Labute approximate surface area is 204 Å². The van der Waals surface area contributed by atoms with Gasteiger partial charge < -0.3 is 20.5 Å². The molecule has 0 aliphatic heterocycles. The van der Waals surface area contributed by atoms with E-state index in [1.165, 1.54) is 0 Å². The van der Waals surface area contributed by atoms with Gasteiger partial charge in [-0.15, -0.1) is 24.0 Å². The lowest BCUT2D eigenvalue weighted by Crippen LogP contribution is -2.23. The van der Waals surface area contributed by atoms with Crippen LogP contribution in [0.1, 0.15) is 0 Å². The van der Waals surface area contributed by atoms with Crippen LogP contribution < -0.4 is 25.2 Å². The average Bonchev–Trinajstić information content (AvgIpc) is 2.72. The molecule has 0 saturated carbocycles. The largest absolute Gasteiger partial charge is 0.492 e. The molecule has 0 aliphatic carbocycles. The van der Waals surface area contributed by atoms with Crippen LogP contribution >= 0.6 is 24.0 Å². The molecule has 0 radical (unpaired) electrons. The van der Waals surface area contributed by atoms with E-state index in [1.807, 2.05) is 54.6 Å². The molecule has 3 rings (SSSR count). The Morgan fingerprint density at radius 2 is 1.59 bits per heavy atom. The predicted molar refractivity (Wildman–Crippen MR) is 139 cm³/mol. The first-order valence-corrected chi connectivity index (χ1v) is 11.4. The van der Waals surface area contributed by atoms with Crippen LogP contribution in [-0.4, -0.2) is 33.8 Å². The number of benzene rings is 3. The van der Waals surface area contributed by atoms with Crippen molar-refractivity contribution in [2.45, 2.75) is 0 Å². The second-order valence-electron chi connectivity index (χ2n) is 6.58. The van der Waals surface area contributed by atoms with Crippen molar-refractivity contribution >= 4 is 51.3 Å². The van der Waals surface area contributed by atoms with Gasteiger partial charge in [0.2, 0.25) is 10.0 Å². The number of sulfonamides is 1. The summed E-state index contributed by atoms with van der Waals surface area (Å²) in [5, 5.41) is 3.02. The lowest BCUT2D eigenvalue weighted by Gasteiger charge is -2.10. The second-order valence-corrected chi connectivity index (χ2v) is 8.33. The minimum absolute atomic E-state index is 0. The van der Waals surface area contributed by atoms with Gasteiger partial charge in [-0.3, -0.25) is 4.72 Å². The standard InChI is InChI=1S/C22H24N4O4S.HI/c1-31(27,28)26-17-10-12-19(13-11-17)29-15-14-24-22(23)25-18-6-5-9-21(16-18)30-20-7-3-2-4-8-20;/h2-13,16,26H,14-15H2,1H3,(H3,23,24,25);1H. The highest BCUT2D eigenvalue weighted by molar-refractivity contribution is 14.0. The number of anilines is 2. The summed E-state index contributed by atoms with van der Waals surface area (Å²) in [7, 11) is -3.30. The van der Waals surface area contributed by atoms with E-state index in [1.54, 1.807) is 24.3 Å². The zero-order chi connectivity index (χ0) is 22.1. The summed E-state index contributed by atoms with van der Waals surface area (Å²) in [6, 6.07) is 23.5. The third-order valence-electron chi connectivity index (χ3n) is 3.89. The highest BCUT2D eigenvalue weighted by atomic mass is 127. The molecule has 3 aromatic rings. The highest BCUT2D eigenvalue weighted by Gasteiger charge is 2.03. The number of para-hydroxylation sites is 1. The van der Waals surface area contributed by atoms with Crippen LogP contribution in [0.3, 0.4) is 0 Å². The number of aliphatic imine (C=N–C) groups is 1. The van der Waals surface area contributed by atoms with Gasteiger partial charge in [-0.2, -0.15) is 0 Å². The van der Waals surface area contributed by atoms with Gasteiger partial charge in [-0.25, -0.2) is 13.4 Å². The number of rotatable bonds is 9. The lowest BCUT2D eigenvalue weighted by molar-refractivity contribution is 0.329. The van der Waals surface area contributed by atoms with Gasteiger partial charge in [0.25, 0.3) is 0 Å². The molecular formula is C22H25IN4O4S. The van der Waals surface area contributed by atoms with Crippen molar-refractivity contribution < 1.29 is 17.9 Å². The third kappa shape index (κ3) is 9.02. The van der Waals surface area contributed by atoms with E-state index in [2.05, 4.69) is 15.0 Å². The molecule has 8 nitrogen and oxygen atoms in total. The minimum Gasteiger partial charge on any atom is -0.492 e. The van der Waals surface area contributed by atoms with Crippen molar-refractivity contribution in [2.75, 3.05) is 29.4 Å². The molecular weight excluding hydrogens is 543 g/mol. The first-order chi connectivity index (χ1) is 14.9. The number of hydrogen-bond acceptors (Lipinski definition) is 5. The van der Waals surface area contributed by atoms with E-state index in [-0.39, 0.29) is 29.9 Å². The van der Waals surface area contributed by atoms with Crippen LogP contribution in [0, 0.1) is 0 Å². The Kier molecular flexibility index (Phi) is 9.60. The topological polar surface area (TPSA) is 115 Å². The second kappa shape index (κ2) is 12.2. The molecule has 0 spiro atoms. The normalized spacial score (nSPS) is 11.2. The average molecular weight is 568 g/mol. The summed E-state index contributed by atoms with van der Waals surface area (Å²) < 4.78 is 36.2. The number of nitrogens with one attached hydrogen (secondary N) is 2. The molecule has 0 bridgehead atoms. The molecule has 0 amide bonds. The summed E-state index contributed by atoms with van der Waals surface area (Å²) in [6.45, 7) is 0.667. The van der Waals surface area contributed by atoms with Gasteiger partial charge in [0, 0.05) is 17.4 Å². The molecule has 0 aromatic heterocycles. The zero-order valence-corrected chi connectivity index (χ0v) is 20.5. The maximum Gasteiger partial charge on any atom is 0.229 e. The van der Waals surface area contributed by atoms with Crippen molar-refractivity contribution in [3.05, 3.63) is 78.9 Å². The molecule has 0 aliphatic rings. The van der Waals surface area contributed by atoms with Gasteiger partial charge in [0.1, 0.15) is 23.9 Å². The van der Waals surface area contributed by atoms with Crippen molar-refractivity contribution in [3.8, 4) is 17.2 Å². The Morgan fingerprint density at radius 1 is 0.906 bits per heavy atom. The molecule has 32 heavy (non-hydrogen) atoms. The van der Waals surface area contributed by atoms with Crippen LogP contribution in [0.2, 0.25) is 0 Å². The monoisotopic (exact) mass is 568 g/mol. The Hall–Kier alpha value is -2.99. The van der Waals surface area contributed by atoms with Gasteiger partial charge in [-0.05, 0) is 48.5 Å². The SMILES string of the molecule is CS(=O)(=O)Nc1ccc(OCCN=C(N)Nc2cccc(Oc3ccccc3)c2)cc1.I. The van der Waals surface area contributed by atoms with Crippen molar-refractivity contribution in [1.29, 1.82) is 0 Å². The van der Waals surface area contributed by atoms with Crippen molar-refractivity contribution in [3.63, 3.8) is 0 Å². The van der Waals surface area contributed by atoms with Crippen molar-refractivity contribution in [2.24, 2.45) is 10.7 Å². The fourth-order valence-corrected chi connectivity index (χ4v) is 3.18. The fourth-order valence-electron chi connectivity index (χ4n) is 2.61. The Balaban J connectivity index is 0.00000363. The first-order valence-electron chi connectivity index (χ1n) is 9.48. The maximum atomic E-state index is 11.2. The summed E-state index contributed by atoms with van der Waals surface area (Å²) in [5.41, 5.74) is 7.17. The lowest BCUT2D eigenvalue weighted by atomic mass is 10.3. The van der Waals surface area contributed by atoms with E-state index >= 15 is 0 Å². The number of nitrogens with two attached hydrogens (primary N) is 1. The fraction of sp³-hybridized carbons (Fsp3) is 0.136. The van der Waals surface area contributed by atoms with Crippen molar-refractivity contribution in [1.82, 2.24) is 0 Å². The number of hydrogen-bond donors (Lipinski definition) is 3. The van der Waals surface area contributed by atoms with E-state index in [9.17, 15) is 8.42 Å². The van der Waals surface area contributed by atoms with E-state index < -0.39 is 10.0 Å². The number of nitrogens with zero attached hydrogens (tertiary/aromatic N) is 1. The molecule has 0 atom stereocenters. The summed E-state index contributed by atoms with van der Waals surface area (Å²) in [5.74, 6) is 2.29. The summed E-state index contributed by atoms with van der Waals surface area (Å²) >= 11 is 0. The molecule has 0 heterocycles. The minimum atomic E-state index is -3.30. The predicted octanol–water partition coefficient (Wildman–Crippen LogP) is 4.27. The molecule has 0 unspecified atom stereocenters. The summed E-state index contributed by atoms with van der Waals surface area (Å²) in [4.78, 5) is 4.24.